The lowest BCUT2D eigenvalue weighted by Gasteiger charge is -2.31. The van der Waals surface area contributed by atoms with Gasteiger partial charge < -0.3 is 4.74 Å². The van der Waals surface area contributed by atoms with Gasteiger partial charge in [0.05, 0.1) is 6.10 Å². The lowest BCUT2D eigenvalue weighted by molar-refractivity contribution is 0.0503. The number of rotatable bonds is 3. The van der Waals surface area contributed by atoms with Crippen molar-refractivity contribution < 1.29 is 9.13 Å². The molecule has 2 aromatic rings. The molecule has 1 aliphatic carbocycles. The first-order valence-corrected chi connectivity index (χ1v) is 8.40. The molecule has 0 spiro atoms. The average molecular weight is 317 g/mol. The third-order valence-electron chi connectivity index (χ3n) is 4.97. The van der Waals surface area contributed by atoms with Crippen LogP contribution in [-0.2, 0) is 4.74 Å². The number of aromatic nitrogens is 1. The Morgan fingerprint density at radius 3 is 2.57 bits per heavy atom. The van der Waals surface area contributed by atoms with Crippen molar-refractivity contribution in [2.75, 3.05) is 7.11 Å². The Balaban J connectivity index is 2.22. The van der Waals surface area contributed by atoms with Gasteiger partial charge in [0, 0.05) is 24.1 Å². The Labute approximate surface area is 136 Å². The molecule has 1 heterocycles. The van der Waals surface area contributed by atoms with Crippen molar-refractivity contribution in [3.05, 3.63) is 46.1 Å². The van der Waals surface area contributed by atoms with Crippen LogP contribution in [-0.4, -0.2) is 17.8 Å². The number of fused-ring (bicyclic) bond motifs is 1. The maximum Gasteiger partial charge on any atom is 0.260 e. The quantitative estimate of drug-likeness (QED) is 0.786. The Morgan fingerprint density at radius 1 is 1.22 bits per heavy atom. The van der Waals surface area contributed by atoms with E-state index in [1.54, 1.807) is 13.2 Å². The third-order valence-corrected chi connectivity index (χ3v) is 4.97. The molecule has 1 aromatic carbocycles. The van der Waals surface area contributed by atoms with Gasteiger partial charge in [-0.3, -0.25) is 9.36 Å². The molecular weight excluding hydrogens is 293 g/mol. The molecular formula is C19H24FNO2. The van der Waals surface area contributed by atoms with Crippen LogP contribution in [0.4, 0.5) is 4.39 Å². The summed E-state index contributed by atoms with van der Waals surface area (Å²) in [6.07, 6.45) is 3.57. The first-order chi connectivity index (χ1) is 11.0. The van der Waals surface area contributed by atoms with Gasteiger partial charge in [-0.2, -0.15) is 4.39 Å². The van der Waals surface area contributed by atoms with E-state index < -0.39 is 0 Å². The minimum Gasteiger partial charge on any atom is -0.381 e. The summed E-state index contributed by atoms with van der Waals surface area (Å²) in [5.74, 6) is -0.348. The molecule has 4 heteroatoms. The average Bonchev–Trinajstić information content (AvgIpc) is 2.55. The second kappa shape index (κ2) is 6.44. The fraction of sp³-hybridized carbons (Fsp3) is 0.526. The highest BCUT2D eigenvalue weighted by Gasteiger charge is 2.28. The van der Waals surface area contributed by atoms with Crippen LogP contribution in [0.15, 0.2) is 29.1 Å². The van der Waals surface area contributed by atoms with Gasteiger partial charge >= 0.3 is 0 Å². The largest absolute Gasteiger partial charge is 0.381 e. The zero-order chi connectivity index (χ0) is 16.6. The van der Waals surface area contributed by atoms with E-state index in [9.17, 15) is 4.79 Å². The monoisotopic (exact) mass is 317 g/mol. The van der Waals surface area contributed by atoms with Crippen molar-refractivity contribution in [1.29, 1.82) is 0 Å². The van der Waals surface area contributed by atoms with Crippen LogP contribution in [0.25, 0.3) is 10.8 Å². The highest BCUT2D eigenvalue weighted by molar-refractivity contribution is 5.85. The lowest BCUT2D eigenvalue weighted by Crippen LogP contribution is -2.34. The first-order valence-electron chi connectivity index (χ1n) is 8.40. The topological polar surface area (TPSA) is 31.2 Å². The van der Waals surface area contributed by atoms with Gasteiger partial charge in [0.25, 0.3) is 5.56 Å². The molecule has 1 aromatic heterocycles. The van der Waals surface area contributed by atoms with E-state index in [0.717, 1.165) is 24.6 Å². The molecule has 124 valence electrons. The van der Waals surface area contributed by atoms with Crippen molar-refractivity contribution in [2.45, 2.75) is 57.6 Å². The number of ether oxygens (including phenoxy) is 1. The summed E-state index contributed by atoms with van der Waals surface area (Å²) < 4.78 is 22.1. The van der Waals surface area contributed by atoms with Crippen molar-refractivity contribution >= 4 is 10.8 Å². The number of pyridine rings is 1. The zero-order valence-electron chi connectivity index (χ0n) is 14.0. The van der Waals surface area contributed by atoms with Crippen molar-refractivity contribution in [2.24, 2.45) is 0 Å². The van der Waals surface area contributed by atoms with E-state index in [1.807, 2.05) is 32.0 Å². The molecule has 1 fully saturated rings. The molecule has 0 N–H and O–H groups in total. The number of hydrogen-bond acceptors (Lipinski definition) is 2. The first kappa shape index (κ1) is 16.2. The van der Waals surface area contributed by atoms with E-state index in [2.05, 4.69) is 0 Å². The molecule has 0 radical (unpaired) electrons. The summed E-state index contributed by atoms with van der Waals surface area (Å²) >= 11 is 0. The second-order valence-electron chi connectivity index (χ2n) is 6.76. The minimum atomic E-state index is -0.370. The Morgan fingerprint density at radius 2 is 1.91 bits per heavy atom. The summed E-state index contributed by atoms with van der Waals surface area (Å²) in [7, 11) is 1.69. The van der Waals surface area contributed by atoms with Crippen molar-refractivity contribution in [3.8, 4) is 0 Å². The number of benzene rings is 1. The molecule has 0 unspecified atom stereocenters. The zero-order valence-corrected chi connectivity index (χ0v) is 14.0. The normalized spacial score (nSPS) is 22.0. The Kier molecular flexibility index (Phi) is 4.53. The van der Waals surface area contributed by atoms with Crippen LogP contribution in [0, 0.1) is 5.95 Å². The van der Waals surface area contributed by atoms with Crippen molar-refractivity contribution in [3.63, 3.8) is 0 Å². The molecule has 0 amide bonds. The molecule has 1 saturated carbocycles. The van der Waals surface area contributed by atoms with Crippen LogP contribution < -0.4 is 5.56 Å². The van der Waals surface area contributed by atoms with Crippen LogP contribution in [0.3, 0.4) is 0 Å². The van der Waals surface area contributed by atoms with Crippen LogP contribution in [0.2, 0.25) is 0 Å². The predicted molar refractivity (Wildman–Crippen MR) is 90.6 cm³/mol. The van der Waals surface area contributed by atoms with E-state index >= 15 is 4.39 Å². The standard InChI is InChI=1S/C19H24FNO2/c1-12(2)17-15-9-4-5-10-16(15)19(22)21(18(17)20)13-7-6-8-14(11-13)23-3/h4-5,9-10,12-14H,6-8,11H2,1-3H3/t13-,14+/m0/s1. The Bertz CT molecular complexity index is 766. The maximum absolute atomic E-state index is 15.3. The molecule has 1 aliphatic rings. The van der Waals surface area contributed by atoms with E-state index in [0.29, 0.717) is 17.4 Å². The van der Waals surface area contributed by atoms with Gasteiger partial charge in [-0.25, -0.2) is 0 Å². The molecule has 0 aliphatic heterocycles. The summed E-state index contributed by atoms with van der Waals surface area (Å²) in [5, 5.41) is 1.34. The summed E-state index contributed by atoms with van der Waals surface area (Å²) in [4.78, 5) is 12.9. The van der Waals surface area contributed by atoms with Crippen molar-refractivity contribution in [1.82, 2.24) is 4.57 Å². The van der Waals surface area contributed by atoms with Gasteiger partial charge in [-0.05, 0) is 43.1 Å². The fourth-order valence-corrected chi connectivity index (χ4v) is 3.81. The molecule has 0 bridgehead atoms. The number of hydrogen-bond donors (Lipinski definition) is 0. The SMILES string of the molecule is CO[C@@H]1CCC[C@H](n2c(F)c(C(C)C)c3ccccc3c2=O)C1. The molecule has 2 atom stereocenters. The predicted octanol–water partition coefficient (Wildman–Crippen LogP) is 4.39. The van der Waals surface area contributed by atoms with E-state index in [4.69, 9.17) is 4.74 Å². The van der Waals surface area contributed by atoms with Gasteiger partial charge in [-0.15, -0.1) is 0 Å². The molecule has 3 nitrogen and oxygen atoms in total. The summed E-state index contributed by atoms with van der Waals surface area (Å²) in [6, 6.07) is 7.23. The number of halogens is 1. The van der Waals surface area contributed by atoms with Crippen LogP contribution in [0.1, 0.15) is 57.1 Å². The third kappa shape index (κ3) is 2.80. The van der Waals surface area contributed by atoms with Crippen LogP contribution in [0.5, 0.6) is 0 Å². The van der Waals surface area contributed by atoms with Gasteiger partial charge in [0.1, 0.15) is 0 Å². The molecule has 3 rings (SSSR count). The molecule has 23 heavy (non-hydrogen) atoms. The van der Waals surface area contributed by atoms with Gasteiger partial charge in [0.2, 0.25) is 5.95 Å². The summed E-state index contributed by atoms with van der Waals surface area (Å²) in [5.41, 5.74) is 0.420. The van der Waals surface area contributed by atoms with Crippen LogP contribution >= 0.6 is 0 Å². The second-order valence-corrected chi connectivity index (χ2v) is 6.76. The highest BCUT2D eigenvalue weighted by Crippen LogP contribution is 2.33. The minimum absolute atomic E-state index is 0.0218. The number of methoxy groups -OCH3 is 1. The smallest absolute Gasteiger partial charge is 0.260 e. The lowest BCUT2D eigenvalue weighted by atomic mass is 9.91. The van der Waals surface area contributed by atoms with Gasteiger partial charge in [0.15, 0.2) is 0 Å². The van der Waals surface area contributed by atoms with E-state index in [1.165, 1.54) is 4.57 Å². The van der Waals surface area contributed by atoms with Gasteiger partial charge in [-0.1, -0.05) is 32.0 Å². The maximum atomic E-state index is 15.3. The molecule has 0 saturated heterocycles. The summed E-state index contributed by atoms with van der Waals surface area (Å²) in [6.45, 7) is 3.94. The highest BCUT2D eigenvalue weighted by atomic mass is 19.1. The fourth-order valence-electron chi connectivity index (χ4n) is 3.81. The Hall–Kier alpha value is -1.68. The van der Waals surface area contributed by atoms with E-state index in [-0.39, 0.29) is 29.6 Å². The number of nitrogens with zero attached hydrogens (tertiary/aromatic N) is 1.